The number of hydrogen-bond acceptors (Lipinski definition) is 5. The summed E-state index contributed by atoms with van der Waals surface area (Å²) in [5, 5.41) is 12.2. The predicted molar refractivity (Wildman–Crippen MR) is 120 cm³/mol. The van der Waals surface area contributed by atoms with Gasteiger partial charge in [-0.15, -0.1) is 0 Å². The zero-order valence-electron chi connectivity index (χ0n) is 16.6. The molecule has 3 atom stereocenters. The number of anilines is 2. The number of benzene rings is 3. The zero-order chi connectivity index (χ0) is 21.7. The van der Waals surface area contributed by atoms with Crippen molar-refractivity contribution in [1.29, 1.82) is 0 Å². The number of aromatic hydroxyl groups is 1. The number of imide groups is 1. The Morgan fingerprint density at radius 1 is 0.935 bits per heavy atom. The summed E-state index contributed by atoms with van der Waals surface area (Å²) >= 11 is 3.44. The number of para-hydroxylation sites is 2. The van der Waals surface area contributed by atoms with Crippen molar-refractivity contribution >= 4 is 39.1 Å². The summed E-state index contributed by atoms with van der Waals surface area (Å²) in [7, 11) is 0. The molecular formula is C24H19BrN2O4. The first kappa shape index (κ1) is 19.8. The van der Waals surface area contributed by atoms with E-state index in [1.165, 1.54) is 4.90 Å². The van der Waals surface area contributed by atoms with Crippen LogP contribution in [0.5, 0.6) is 5.75 Å². The Labute approximate surface area is 187 Å². The van der Waals surface area contributed by atoms with Crippen molar-refractivity contribution in [1.82, 2.24) is 0 Å². The van der Waals surface area contributed by atoms with Crippen LogP contribution >= 0.6 is 15.9 Å². The third-order valence-electron chi connectivity index (χ3n) is 5.79. The fourth-order valence-electron chi connectivity index (χ4n) is 4.34. The van der Waals surface area contributed by atoms with Gasteiger partial charge in [0.1, 0.15) is 11.7 Å². The lowest BCUT2D eigenvalue weighted by molar-refractivity contribution is -0.126. The minimum atomic E-state index is -0.976. The van der Waals surface area contributed by atoms with Crippen LogP contribution in [0.25, 0.3) is 0 Å². The highest BCUT2D eigenvalue weighted by molar-refractivity contribution is 9.10. The molecule has 5 rings (SSSR count). The van der Waals surface area contributed by atoms with Gasteiger partial charge in [0.15, 0.2) is 6.10 Å². The van der Waals surface area contributed by atoms with E-state index in [9.17, 15) is 14.7 Å². The topological polar surface area (TPSA) is 70.1 Å². The number of amides is 2. The first-order valence-electron chi connectivity index (χ1n) is 9.90. The number of phenolic OH excluding ortho intramolecular Hbond substituents is 1. The van der Waals surface area contributed by atoms with Crippen molar-refractivity contribution in [3.63, 3.8) is 0 Å². The zero-order valence-corrected chi connectivity index (χ0v) is 18.2. The van der Waals surface area contributed by atoms with Crippen molar-refractivity contribution in [2.45, 2.75) is 19.1 Å². The van der Waals surface area contributed by atoms with E-state index in [2.05, 4.69) is 15.9 Å². The summed E-state index contributed by atoms with van der Waals surface area (Å²) in [5.74, 6) is -1.50. The largest absolute Gasteiger partial charge is 0.508 e. The normalized spacial score (nSPS) is 22.8. The van der Waals surface area contributed by atoms with E-state index in [-0.39, 0.29) is 11.7 Å². The Balaban J connectivity index is 1.64. The molecule has 0 unspecified atom stereocenters. The second kappa shape index (κ2) is 7.51. The van der Waals surface area contributed by atoms with Gasteiger partial charge in [-0.3, -0.25) is 14.4 Å². The molecule has 0 bridgehead atoms. The van der Waals surface area contributed by atoms with E-state index in [4.69, 9.17) is 4.84 Å². The lowest BCUT2D eigenvalue weighted by atomic mass is 9.90. The fraction of sp³-hybridized carbons (Fsp3) is 0.167. The summed E-state index contributed by atoms with van der Waals surface area (Å²) in [6.45, 7) is 1.86. The van der Waals surface area contributed by atoms with E-state index in [1.807, 2.05) is 49.4 Å². The number of hydroxylamine groups is 1. The average molecular weight is 479 g/mol. The van der Waals surface area contributed by atoms with Crippen LogP contribution in [0, 0.1) is 12.8 Å². The smallest absolute Gasteiger partial charge is 0.266 e. The molecule has 0 saturated carbocycles. The minimum Gasteiger partial charge on any atom is -0.508 e. The van der Waals surface area contributed by atoms with Crippen molar-refractivity contribution in [2.75, 3.05) is 9.96 Å². The molecule has 6 nitrogen and oxygen atoms in total. The Morgan fingerprint density at radius 2 is 1.65 bits per heavy atom. The van der Waals surface area contributed by atoms with Crippen LogP contribution < -0.4 is 9.96 Å². The molecule has 2 saturated heterocycles. The molecule has 3 aromatic carbocycles. The predicted octanol–water partition coefficient (Wildman–Crippen LogP) is 4.51. The van der Waals surface area contributed by atoms with Gasteiger partial charge in [0, 0.05) is 10.0 Å². The van der Waals surface area contributed by atoms with Gasteiger partial charge in [0.2, 0.25) is 5.91 Å². The lowest BCUT2D eigenvalue weighted by Crippen LogP contribution is -2.37. The van der Waals surface area contributed by atoms with Gasteiger partial charge >= 0.3 is 0 Å². The molecule has 2 aliphatic heterocycles. The first-order valence-corrected chi connectivity index (χ1v) is 10.7. The summed E-state index contributed by atoms with van der Waals surface area (Å²) in [6, 6.07) is 20.9. The van der Waals surface area contributed by atoms with Crippen molar-refractivity contribution in [3.05, 3.63) is 88.4 Å². The van der Waals surface area contributed by atoms with Crippen LogP contribution in [0.1, 0.15) is 17.2 Å². The molecule has 0 spiro atoms. The van der Waals surface area contributed by atoms with Gasteiger partial charge in [-0.2, -0.15) is 0 Å². The summed E-state index contributed by atoms with van der Waals surface area (Å²) in [5.41, 5.74) is 2.59. The summed E-state index contributed by atoms with van der Waals surface area (Å²) in [6.07, 6.45) is -0.976. The third kappa shape index (κ3) is 3.12. The van der Waals surface area contributed by atoms with E-state index in [0.29, 0.717) is 16.9 Å². The number of rotatable bonds is 3. The molecule has 0 aromatic heterocycles. The fourth-order valence-corrected chi connectivity index (χ4v) is 4.72. The van der Waals surface area contributed by atoms with Gasteiger partial charge in [-0.1, -0.05) is 52.3 Å². The summed E-state index contributed by atoms with van der Waals surface area (Å²) in [4.78, 5) is 34.3. The van der Waals surface area contributed by atoms with Gasteiger partial charge < -0.3 is 5.11 Å². The molecule has 3 aromatic rings. The maximum atomic E-state index is 13.6. The van der Waals surface area contributed by atoms with Crippen molar-refractivity contribution in [2.24, 2.45) is 5.92 Å². The molecule has 0 radical (unpaired) electrons. The lowest BCUT2D eigenvalue weighted by Gasteiger charge is -2.29. The van der Waals surface area contributed by atoms with Gasteiger partial charge in [0.25, 0.3) is 5.91 Å². The van der Waals surface area contributed by atoms with Crippen LogP contribution in [0.3, 0.4) is 0 Å². The van der Waals surface area contributed by atoms with Crippen LogP contribution in [-0.4, -0.2) is 23.0 Å². The van der Waals surface area contributed by atoms with E-state index < -0.39 is 24.0 Å². The summed E-state index contributed by atoms with van der Waals surface area (Å²) < 4.78 is 0.754. The highest BCUT2D eigenvalue weighted by atomic mass is 79.9. The quantitative estimate of drug-likeness (QED) is 0.560. The van der Waals surface area contributed by atoms with Crippen LogP contribution in [0.2, 0.25) is 0 Å². The maximum Gasteiger partial charge on any atom is 0.266 e. The van der Waals surface area contributed by atoms with Crippen LogP contribution in [0.4, 0.5) is 11.4 Å². The number of carbonyl (C=O) groups is 2. The molecule has 2 aliphatic rings. The number of carbonyl (C=O) groups excluding carboxylic acids is 2. The monoisotopic (exact) mass is 478 g/mol. The van der Waals surface area contributed by atoms with Crippen molar-refractivity contribution in [3.8, 4) is 5.75 Å². The molecule has 0 aliphatic carbocycles. The standard InChI is InChI=1S/C24H19BrN2O4/c1-14-7-5-6-10-18(14)26-23(29)20-21(17-13-15(25)11-12-19(17)28)27(31-22(20)24(26)30)16-8-3-2-4-9-16/h2-13,20-22,28H,1H3/t20-,21+,22+/m1/s1. The molecule has 156 valence electrons. The second-order valence-electron chi connectivity index (χ2n) is 7.66. The van der Waals surface area contributed by atoms with E-state index >= 15 is 0 Å². The molecule has 2 amide bonds. The number of fused-ring (bicyclic) bond motifs is 1. The Hall–Kier alpha value is -3.16. The van der Waals surface area contributed by atoms with Gasteiger partial charge in [-0.25, -0.2) is 9.96 Å². The molecule has 1 N–H and O–H groups in total. The average Bonchev–Trinajstić information content (AvgIpc) is 3.27. The molecule has 7 heteroatoms. The SMILES string of the molecule is Cc1ccccc1N1C(=O)[C@H]2[C@H](ON(c3ccccc3)[C@H]2c2cc(Br)ccc2O)C1=O. The Kier molecular flexibility index (Phi) is 4.79. The molecular weight excluding hydrogens is 460 g/mol. The number of phenols is 1. The second-order valence-corrected chi connectivity index (χ2v) is 8.58. The van der Waals surface area contributed by atoms with E-state index in [1.54, 1.807) is 35.4 Å². The van der Waals surface area contributed by atoms with E-state index in [0.717, 1.165) is 10.0 Å². The number of nitrogens with zero attached hydrogens (tertiary/aromatic N) is 2. The number of aryl methyl sites for hydroxylation is 1. The Morgan fingerprint density at radius 3 is 2.39 bits per heavy atom. The number of hydrogen-bond donors (Lipinski definition) is 1. The number of halogens is 1. The van der Waals surface area contributed by atoms with Crippen LogP contribution in [0.15, 0.2) is 77.3 Å². The van der Waals surface area contributed by atoms with Gasteiger partial charge in [-0.05, 0) is 48.9 Å². The highest BCUT2D eigenvalue weighted by Gasteiger charge is 2.60. The highest BCUT2D eigenvalue weighted by Crippen LogP contribution is 2.49. The molecule has 2 fully saturated rings. The minimum absolute atomic E-state index is 0.0352. The molecule has 31 heavy (non-hydrogen) atoms. The Bertz CT molecular complexity index is 1180. The van der Waals surface area contributed by atoms with Crippen molar-refractivity contribution < 1.29 is 19.5 Å². The maximum absolute atomic E-state index is 13.6. The first-order chi connectivity index (χ1) is 15.0. The molecule has 2 heterocycles. The van der Waals surface area contributed by atoms with Gasteiger partial charge in [0.05, 0.1) is 17.4 Å². The van der Waals surface area contributed by atoms with Crippen LogP contribution in [-0.2, 0) is 14.4 Å². The third-order valence-corrected chi connectivity index (χ3v) is 6.28.